The largest absolute Gasteiger partial charge is 0.479 e. The maximum Gasteiger partial charge on any atom is 0.348 e. The van der Waals surface area contributed by atoms with E-state index in [4.69, 9.17) is 5.11 Å². The van der Waals surface area contributed by atoms with E-state index in [2.05, 4.69) is 11.6 Å². The van der Waals surface area contributed by atoms with Crippen LogP contribution >= 0.6 is 0 Å². The number of carboxylic acid groups (broad SMARTS) is 1. The maximum atomic E-state index is 11.0. The van der Waals surface area contributed by atoms with Gasteiger partial charge in [-0.3, -0.25) is 0 Å². The summed E-state index contributed by atoms with van der Waals surface area (Å²) in [6.45, 7) is 5.64. The Bertz CT molecular complexity index is 372. The quantitative estimate of drug-likeness (QED) is 0.480. The summed E-state index contributed by atoms with van der Waals surface area (Å²) in [6, 6.07) is 0. The average Bonchev–Trinajstić information content (AvgIpc) is 2.65. The van der Waals surface area contributed by atoms with Crippen molar-refractivity contribution >= 4 is 5.97 Å². The van der Waals surface area contributed by atoms with Gasteiger partial charge in [-0.15, -0.1) is 0 Å². The number of hydrogen-bond acceptors (Lipinski definition) is 2. The van der Waals surface area contributed by atoms with E-state index in [9.17, 15) is 9.90 Å². The Hall–Kier alpha value is -1.62. The highest BCUT2D eigenvalue weighted by Gasteiger charge is 2.44. The van der Waals surface area contributed by atoms with Crippen LogP contribution in [0.25, 0.3) is 0 Å². The molecule has 0 spiro atoms. The molecule has 0 aliphatic carbocycles. The van der Waals surface area contributed by atoms with Crippen molar-refractivity contribution in [3.05, 3.63) is 30.9 Å². The summed E-state index contributed by atoms with van der Waals surface area (Å²) < 4.78 is 1.62. The molecule has 1 aromatic heterocycles. The molecule has 1 atom stereocenters. The molecular formula is C10H15N2O3+. The van der Waals surface area contributed by atoms with E-state index in [0.29, 0.717) is 6.54 Å². The van der Waals surface area contributed by atoms with E-state index >= 15 is 0 Å². The van der Waals surface area contributed by atoms with E-state index in [0.717, 1.165) is 0 Å². The fraction of sp³-hybridized carbons (Fsp3) is 0.400. The molecule has 1 heterocycles. The van der Waals surface area contributed by atoms with Crippen molar-refractivity contribution in [2.45, 2.75) is 25.5 Å². The first kappa shape index (κ1) is 11.5. The minimum Gasteiger partial charge on any atom is -0.479 e. The van der Waals surface area contributed by atoms with Gasteiger partial charge in [-0.2, -0.15) is 0 Å². The van der Waals surface area contributed by atoms with Crippen LogP contribution in [0.5, 0.6) is 0 Å². The number of H-pyrrole nitrogens is 1. The van der Waals surface area contributed by atoms with Crippen LogP contribution in [0.1, 0.15) is 19.2 Å². The second kappa shape index (κ2) is 4.27. The zero-order valence-corrected chi connectivity index (χ0v) is 8.60. The summed E-state index contributed by atoms with van der Waals surface area (Å²) in [7, 11) is 0. The van der Waals surface area contributed by atoms with Crippen LogP contribution in [-0.4, -0.2) is 21.2 Å². The summed E-state index contributed by atoms with van der Waals surface area (Å²) >= 11 is 0. The number of aliphatic carboxylic acids is 1. The van der Waals surface area contributed by atoms with E-state index in [-0.39, 0.29) is 12.2 Å². The van der Waals surface area contributed by atoms with E-state index in [1.165, 1.54) is 0 Å². The predicted molar refractivity (Wildman–Crippen MR) is 53.0 cm³/mol. The van der Waals surface area contributed by atoms with Crippen molar-refractivity contribution in [2.24, 2.45) is 0 Å². The molecule has 0 amide bonds. The summed E-state index contributed by atoms with van der Waals surface area (Å²) in [5.74, 6) is -0.998. The van der Waals surface area contributed by atoms with Crippen molar-refractivity contribution in [3.8, 4) is 0 Å². The molecule has 0 aliphatic rings. The monoisotopic (exact) mass is 211 g/mol. The Balaban J connectivity index is 3.17. The number of allylic oxidation sites excluding steroid dienone is 1. The number of nitrogens with zero attached hydrogens (tertiary/aromatic N) is 1. The Labute approximate surface area is 87.7 Å². The van der Waals surface area contributed by atoms with Crippen LogP contribution in [0, 0.1) is 0 Å². The molecule has 15 heavy (non-hydrogen) atoms. The first-order valence-corrected chi connectivity index (χ1v) is 4.70. The molecule has 5 heteroatoms. The lowest BCUT2D eigenvalue weighted by Crippen LogP contribution is -2.48. The Kier molecular flexibility index (Phi) is 3.26. The van der Waals surface area contributed by atoms with Gasteiger partial charge in [0, 0.05) is 0 Å². The first-order chi connectivity index (χ1) is 7.06. The van der Waals surface area contributed by atoms with Gasteiger partial charge in [0.1, 0.15) is 18.9 Å². The molecule has 3 N–H and O–H groups in total. The molecule has 0 saturated carbocycles. The van der Waals surface area contributed by atoms with Crippen molar-refractivity contribution in [2.75, 3.05) is 0 Å². The maximum absolute atomic E-state index is 11.0. The van der Waals surface area contributed by atoms with Gasteiger partial charge >= 0.3 is 5.97 Å². The first-order valence-electron chi connectivity index (χ1n) is 4.70. The molecule has 5 nitrogen and oxygen atoms in total. The summed E-state index contributed by atoms with van der Waals surface area (Å²) in [5, 5.41) is 19.0. The highest BCUT2D eigenvalue weighted by atomic mass is 16.4. The van der Waals surface area contributed by atoms with Gasteiger partial charge in [-0.05, 0) is 6.42 Å². The lowest BCUT2D eigenvalue weighted by Gasteiger charge is -2.16. The van der Waals surface area contributed by atoms with E-state index in [1.54, 1.807) is 30.0 Å². The molecule has 0 bridgehead atoms. The molecule has 1 aromatic rings. The predicted octanol–water partition coefficient (Wildman–Crippen LogP) is 0.170. The minimum atomic E-state index is -1.87. The second-order valence-corrected chi connectivity index (χ2v) is 3.27. The van der Waals surface area contributed by atoms with Crippen LogP contribution in [0.3, 0.4) is 0 Å². The Morgan fingerprint density at radius 1 is 1.80 bits per heavy atom. The highest BCUT2D eigenvalue weighted by Crippen LogP contribution is 2.20. The number of aromatic nitrogens is 2. The van der Waals surface area contributed by atoms with Gasteiger partial charge < -0.3 is 10.2 Å². The SMILES string of the molecule is C=CC[n+]1cc[nH]c1C(O)(CC)C(=O)O. The Morgan fingerprint density at radius 2 is 2.47 bits per heavy atom. The second-order valence-electron chi connectivity index (χ2n) is 3.27. The van der Waals surface area contributed by atoms with Gasteiger partial charge in [-0.25, -0.2) is 14.3 Å². The Morgan fingerprint density at radius 3 is 2.93 bits per heavy atom. The lowest BCUT2D eigenvalue weighted by molar-refractivity contribution is -0.698. The van der Waals surface area contributed by atoms with Crippen LogP contribution in [-0.2, 0) is 16.9 Å². The fourth-order valence-corrected chi connectivity index (χ4v) is 1.43. The van der Waals surface area contributed by atoms with E-state index < -0.39 is 11.6 Å². The molecule has 1 rings (SSSR count). The highest BCUT2D eigenvalue weighted by molar-refractivity contribution is 5.77. The number of nitrogens with one attached hydrogen (secondary N) is 1. The van der Waals surface area contributed by atoms with Crippen LogP contribution < -0.4 is 4.57 Å². The molecule has 1 unspecified atom stereocenters. The number of imidazole rings is 1. The van der Waals surface area contributed by atoms with Crippen molar-refractivity contribution < 1.29 is 19.6 Å². The standard InChI is InChI=1S/C10H14N2O3/c1-3-6-12-7-5-11-8(12)10(15,4-2)9(13)14/h3,5,7,15H,1,4,6H2,2H3,(H,13,14)/p+1. The number of aromatic amines is 1. The number of carbonyl (C=O) groups is 1. The van der Waals surface area contributed by atoms with Gasteiger partial charge in [0.2, 0.25) is 0 Å². The normalized spacial score (nSPS) is 14.5. The van der Waals surface area contributed by atoms with Crippen LogP contribution in [0.2, 0.25) is 0 Å². The van der Waals surface area contributed by atoms with E-state index in [1.807, 2.05) is 0 Å². The third kappa shape index (κ3) is 1.92. The third-order valence-electron chi connectivity index (χ3n) is 2.34. The molecule has 0 radical (unpaired) electrons. The van der Waals surface area contributed by atoms with Crippen LogP contribution in [0.4, 0.5) is 0 Å². The van der Waals surface area contributed by atoms with Gasteiger partial charge in [0.25, 0.3) is 11.4 Å². The summed E-state index contributed by atoms with van der Waals surface area (Å²) in [6.07, 6.45) is 4.98. The molecule has 0 fully saturated rings. The topological polar surface area (TPSA) is 77.2 Å². The smallest absolute Gasteiger partial charge is 0.348 e. The number of aliphatic hydroxyl groups is 1. The molecule has 82 valence electrons. The molecule has 0 aliphatic heterocycles. The lowest BCUT2D eigenvalue weighted by atomic mass is 10.0. The molecule has 0 saturated heterocycles. The fourth-order valence-electron chi connectivity index (χ4n) is 1.43. The number of hydrogen-bond donors (Lipinski definition) is 3. The van der Waals surface area contributed by atoms with Gasteiger partial charge in [0.15, 0.2) is 0 Å². The number of rotatable bonds is 5. The summed E-state index contributed by atoms with van der Waals surface area (Å²) in [4.78, 5) is 13.7. The summed E-state index contributed by atoms with van der Waals surface area (Å²) in [5.41, 5.74) is -1.87. The van der Waals surface area contributed by atoms with Crippen LogP contribution in [0.15, 0.2) is 25.0 Å². The minimum absolute atomic E-state index is 0.0972. The van der Waals surface area contributed by atoms with Crippen molar-refractivity contribution in [1.29, 1.82) is 0 Å². The third-order valence-corrected chi connectivity index (χ3v) is 2.34. The van der Waals surface area contributed by atoms with Gasteiger partial charge in [-0.1, -0.05) is 19.6 Å². The average molecular weight is 211 g/mol. The van der Waals surface area contributed by atoms with Crippen molar-refractivity contribution in [3.63, 3.8) is 0 Å². The zero-order chi connectivity index (χ0) is 11.5. The molecule has 0 aromatic carbocycles. The van der Waals surface area contributed by atoms with Crippen molar-refractivity contribution in [1.82, 2.24) is 4.98 Å². The molecular weight excluding hydrogens is 196 g/mol. The number of carboxylic acids is 1. The van der Waals surface area contributed by atoms with Gasteiger partial charge in [0.05, 0.1) is 0 Å². The zero-order valence-electron chi connectivity index (χ0n) is 8.60.